The number of pyridine rings is 2. The van der Waals surface area contributed by atoms with Gasteiger partial charge in [0.05, 0.1) is 19.2 Å². The monoisotopic (exact) mass is 474 g/mol. The van der Waals surface area contributed by atoms with E-state index in [1.165, 1.54) is 31.5 Å². The lowest BCUT2D eigenvalue weighted by Crippen LogP contribution is -2.38. The number of carbonyl (C=O) groups excluding carboxylic acids is 2. The van der Waals surface area contributed by atoms with Gasteiger partial charge in [0.1, 0.15) is 18.1 Å². The van der Waals surface area contributed by atoms with Crippen molar-refractivity contribution in [3.63, 3.8) is 0 Å². The molecule has 1 aliphatic heterocycles. The van der Waals surface area contributed by atoms with Crippen LogP contribution in [0.1, 0.15) is 50.9 Å². The van der Waals surface area contributed by atoms with Crippen molar-refractivity contribution >= 4 is 17.6 Å². The second kappa shape index (κ2) is 10.7. The first-order chi connectivity index (χ1) is 17.0. The van der Waals surface area contributed by atoms with Gasteiger partial charge in [0, 0.05) is 42.5 Å². The number of rotatable bonds is 6. The van der Waals surface area contributed by atoms with Crippen molar-refractivity contribution in [2.45, 2.75) is 25.4 Å². The Balaban J connectivity index is 1.34. The molecule has 3 heterocycles. The zero-order chi connectivity index (χ0) is 24.8. The highest BCUT2D eigenvalue weighted by molar-refractivity contribution is 5.95. The fourth-order valence-corrected chi connectivity index (χ4v) is 3.92. The lowest BCUT2D eigenvalue weighted by molar-refractivity contribution is 0.0592. The van der Waals surface area contributed by atoms with Gasteiger partial charge in [0.15, 0.2) is 5.69 Å². The lowest BCUT2D eigenvalue weighted by Gasteiger charge is -2.31. The van der Waals surface area contributed by atoms with Crippen molar-refractivity contribution in [2.75, 3.05) is 20.2 Å². The Hall–Kier alpha value is -4.32. The quantitative estimate of drug-likeness (QED) is 0.385. The van der Waals surface area contributed by atoms with Crippen LogP contribution in [0.5, 0.6) is 5.88 Å². The highest BCUT2D eigenvalue weighted by atomic mass is 19.1. The predicted octanol–water partition coefficient (Wildman–Crippen LogP) is 4.55. The fraction of sp³-hybridized carbons (Fsp3) is 0.269. The van der Waals surface area contributed by atoms with Crippen LogP contribution in [-0.2, 0) is 11.3 Å². The molecule has 0 unspecified atom stereocenters. The number of benzene rings is 1. The molecule has 0 aliphatic carbocycles. The number of halogens is 1. The van der Waals surface area contributed by atoms with Gasteiger partial charge in [-0.25, -0.2) is 24.0 Å². The summed E-state index contributed by atoms with van der Waals surface area (Å²) in [6, 6.07) is 12.8. The molecule has 1 aliphatic rings. The number of hydrogen-bond donors (Lipinski definition) is 0. The van der Waals surface area contributed by atoms with Gasteiger partial charge in [-0.15, -0.1) is 0 Å². The Morgan fingerprint density at radius 2 is 1.97 bits per heavy atom. The SMILES string of the molecule is [C-]#[N+]c1ccc(COc2cccc(C3CCN(C(=O)c4ccc(C(=O)OC)nc4)CC3)n2)c(F)c1. The maximum atomic E-state index is 14.1. The minimum absolute atomic E-state index is 0.0102. The second-order valence-electron chi connectivity index (χ2n) is 8.07. The summed E-state index contributed by atoms with van der Waals surface area (Å²) in [4.78, 5) is 37.9. The maximum Gasteiger partial charge on any atom is 0.356 e. The van der Waals surface area contributed by atoms with E-state index in [1.807, 2.05) is 12.1 Å². The molecule has 1 fully saturated rings. The van der Waals surface area contributed by atoms with E-state index in [-0.39, 0.29) is 29.8 Å². The third-order valence-corrected chi connectivity index (χ3v) is 5.89. The third-order valence-electron chi connectivity index (χ3n) is 5.89. The van der Waals surface area contributed by atoms with E-state index in [0.717, 1.165) is 18.5 Å². The standard InChI is InChI=1S/C26H23FN4O4/c1-28-20-8-6-19(21(27)14-20)16-35-24-5-3-4-22(30-24)17-10-12-31(13-11-17)25(32)18-7-9-23(29-15-18)26(33)34-2/h3-9,14-15,17H,10-13,16H2,2H3. The fourth-order valence-electron chi connectivity index (χ4n) is 3.92. The molecule has 8 nitrogen and oxygen atoms in total. The van der Waals surface area contributed by atoms with E-state index >= 15 is 0 Å². The summed E-state index contributed by atoms with van der Waals surface area (Å²) in [5, 5.41) is 0. The number of aromatic nitrogens is 2. The van der Waals surface area contributed by atoms with Gasteiger partial charge in [-0.2, -0.15) is 0 Å². The van der Waals surface area contributed by atoms with Crippen molar-refractivity contribution in [3.8, 4) is 5.88 Å². The molecule has 9 heteroatoms. The van der Waals surface area contributed by atoms with Gasteiger partial charge in [-0.05, 0) is 37.1 Å². The van der Waals surface area contributed by atoms with Crippen LogP contribution in [0.15, 0.2) is 54.7 Å². The van der Waals surface area contributed by atoms with E-state index < -0.39 is 11.8 Å². The van der Waals surface area contributed by atoms with Gasteiger partial charge < -0.3 is 14.4 Å². The van der Waals surface area contributed by atoms with Crippen LogP contribution in [0.4, 0.5) is 10.1 Å². The van der Waals surface area contributed by atoms with Crippen LogP contribution in [0, 0.1) is 12.4 Å². The van der Waals surface area contributed by atoms with Crippen LogP contribution < -0.4 is 4.74 Å². The molecule has 178 valence electrons. The number of nitrogens with zero attached hydrogens (tertiary/aromatic N) is 4. The van der Waals surface area contributed by atoms with E-state index in [2.05, 4.69) is 19.5 Å². The van der Waals surface area contributed by atoms with E-state index in [9.17, 15) is 14.0 Å². The predicted molar refractivity (Wildman–Crippen MR) is 125 cm³/mol. The summed E-state index contributed by atoms with van der Waals surface area (Å²) >= 11 is 0. The first-order valence-corrected chi connectivity index (χ1v) is 11.1. The summed E-state index contributed by atoms with van der Waals surface area (Å²) < 4.78 is 24.4. The molecular weight excluding hydrogens is 451 g/mol. The van der Waals surface area contributed by atoms with Crippen LogP contribution >= 0.6 is 0 Å². The molecule has 0 saturated carbocycles. The number of carbonyl (C=O) groups is 2. The molecule has 0 atom stereocenters. The minimum atomic E-state index is -0.549. The first-order valence-electron chi connectivity index (χ1n) is 11.1. The molecule has 3 aromatic rings. The molecule has 0 N–H and O–H groups in total. The summed E-state index contributed by atoms with van der Waals surface area (Å²) in [5.74, 6) is -0.610. The van der Waals surface area contributed by atoms with Crippen LogP contribution in [-0.4, -0.2) is 46.9 Å². The molecule has 0 bridgehead atoms. The highest BCUT2D eigenvalue weighted by Crippen LogP contribution is 2.29. The average molecular weight is 474 g/mol. The Kier molecular flexibility index (Phi) is 7.31. The minimum Gasteiger partial charge on any atom is -0.473 e. The molecule has 0 spiro atoms. The molecule has 4 rings (SSSR count). The first kappa shape index (κ1) is 23.8. The number of ether oxygens (including phenoxy) is 2. The van der Waals surface area contributed by atoms with E-state index in [1.54, 1.807) is 23.1 Å². The van der Waals surface area contributed by atoms with Crippen molar-refractivity contribution in [3.05, 3.63) is 94.5 Å². The average Bonchev–Trinajstić information content (AvgIpc) is 2.91. The number of likely N-dealkylation sites (tertiary alicyclic amines) is 1. The molecular formula is C26H23FN4O4. The maximum absolute atomic E-state index is 14.1. The Bertz CT molecular complexity index is 1270. The molecule has 1 amide bonds. The number of hydrogen-bond acceptors (Lipinski definition) is 6. The zero-order valence-electron chi connectivity index (χ0n) is 19.1. The smallest absolute Gasteiger partial charge is 0.356 e. The molecule has 0 radical (unpaired) electrons. The van der Waals surface area contributed by atoms with Gasteiger partial charge in [-0.1, -0.05) is 18.2 Å². The van der Waals surface area contributed by atoms with E-state index in [0.29, 0.717) is 30.1 Å². The summed E-state index contributed by atoms with van der Waals surface area (Å²) in [6.07, 6.45) is 2.87. The topological polar surface area (TPSA) is 86.0 Å². The Morgan fingerprint density at radius 1 is 1.17 bits per heavy atom. The molecule has 1 aromatic carbocycles. The number of esters is 1. The lowest BCUT2D eigenvalue weighted by atomic mass is 9.92. The Morgan fingerprint density at radius 3 is 2.63 bits per heavy atom. The number of piperidine rings is 1. The second-order valence-corrected chi connectivity index (χ2v) is 8.07. The summed E-state index contributed by atoms with van der Waals surface area (Å²) in [7, 11) is 1.28. The molecule has 35 heavy (non-hydrogen) atoms. The highest BCUT2D eigenvalue weighted by Gasteiger charge is 2.26. The number of methoxy groups -OCH3 is 1. The summed E-state index contributed by atoms with van der Waals surface area (Å²) in [6.45, 7) is 8.09. The van der Waals surface area contributed by atoms with Crippen molar-refractivity contribution in [1.29, 1.82) is 0 Å². The normalized spacial score (nSPS) is 13.7. The molecule has 1 saturated heterocycles. The van der Waals surface area contributed by atoms with E-state index in [4.69, 9.17) is 11.3 Å². The largest absolute Gasteiger partial charge is 0.473 e. The Labute approximate surface area is 202 Å². The zero-order valence-corrected chi connectivity index (χ0v) is 19.1. The summed E-state index contributed by atoms with van der Waals surface area (Å²) in [5.41, 5.74) is 2.03. The van der Waals surface area contributed by atoms with Gasteiger partial charge >= 0.3 is 5.97 Å². The van der Waals surface area contributed by atoms with Crippen molar-refractivity contribution < 1.29 is 23.5 Å². The van der Waals surface area contributed by atoms with Gasteiger partial charge in [0.2, 0.25) is 5.88 Å². The number of amides is 1. The van der Waals surface area contributed by atoms with Gasteiger partial charge in [-0.3, -0.25) is 4.79 Å². The van der Waals surface area contributed by atoms with Gasteiger partial charge in [0.25, 0.3) is 5.91 Å². The van der Waals surface area contributed by atoms with Crippen LogP contribution in [0.2, 0.25) is 0 Å². The molecule has 2 aromatic heterocycles. The third kappa shape index (κ3) is 5.61. The van der Waals surface area contributed by atoms with Crippen molar-refractivity contribution in [1.82, 2.24) is 14.9 Å². The van der Waals surface area contributed by atoms with Crippen molar-refractivity contribution in [2.24, 2.45) is 0 Å². The van der Waals surface area contributed by atoms with Crippen LogP contribution in [0.25, 0.3) is 4.85 Å². The van der Waals surface area contributed by atoms with Crippen LogP contribution in [0.3, 0.4) is 0 Å².